The van der Waals surface area contributed by atoms with E-state index in [1.807, 2.05) is 0 Å². The van der Waals surface area contributed by atoms with Crippen LogP contribution in [0.2, 0.25) is 0 Å². The van der Waals surface area contributed by atoms with E-state index in [0.29, 0.717) is 16.9 Å². The average molecular weight is 304 g/mol. The van der Waals surface area contributed by atoms with Crippen LogP contribution in [-0.2, 0) is 0 Å². The molecule has 0 heterocycles. The normalized spacial score (nSPS) is 10.7. The van der Waals surface area contributed by atoms with Crippen LogP contribution >= 0.6 is 0 Å². The van der Waals surface area contributed by atoms with Gasteiger partial charge in [-0.1, -0.05) is 18.2 Å². The van der Waals surface area contributed by atoms with Gasteiger partial charge in [0, 0.05) is 0 Å². The summed E-state index contributed by atoms with van der Waals surface area (Å²) in [6, 6.07) is 7.92. The van der Waals surface area contributed by atoms with E-state index in [4.69, 9.17) is 14.2 Å². The SMILES string of the molecule is COc1ccc(/C=C/c2cc(O)c(OC)c(OC)c2)cc1F. The van der Waals surface area contributed by atoms with Crippen LogP contribution in [-0.4, -0.2) is 26.4 Å². The Bertz CT molecular complexity index is 695. The largest absolute Gasteiger partial charge is 0.504 e. The number of halogens is 1. The molecule has 0 aliphatic rings. The Morgan fingerprint density at radius 1 is 0.864 bits per heavy atom. The molecule has 2 rings (SSSR count). The lowest BCUT2D eigenvalue weighted by atomic mass is 10.1. The summed E-state index contributed by atoms with van der Waals surface area (Å²) in [6.07, 6.45) is 3.46. The number of benzene rings is 2. The molecule has 0 aromatic heterocycles. The van der Waals surface area contributed by atoms with Gasteiger partial charge in [-0.3, -0.25) is 0 Å². The summed E-state index contributed by atoms with van der Waals surface area (Å²) in [6.45, 7) is 0. The van der Waals surface area contributed by atoms with Crippen LogP contribution in [0.3, 0.4) is 0 Å². The fourth-order valence-electron chi connectivity index (χ4n) is 2.04. The van der Waals surface area contributed by atoms with E-state index in [0.717, 1.165) is 0 Å². The molecule has 0 amide bonds. The quantitative estimate of drug-likeness (QED) is 0.855. The van der Waals surface area contributed by atoms with Gasteiger partial charge in [0.15, 0.2) is 23.1 Å². The fraction of sp³-hybridized carbons (Fsp3) is 0.176. The van der Waals surface area contributed by atoms with E-state index in [-0.39, 0.29) is 17.2 Å². The molecular formula is C17H17FO4. The maximum absolute atomic E-state index is 13.6. The minimum Gasteiger partial charge on any atom is -0.504 e. The molecule has 0 fully saturated rings. The molecule has 1 N–H and O–H groups in total. The number of rotatable bonds is 5. The van der Waals surface area contributed by atoms with Crippen molar-refractivity contribution in [1.29, 1.82) is 0 Å². The van der Waals surface area contributed by atoms with Crippen LogP contribution in [0, 0.1) is 5.82 Å². The summed E-state index contributed by atoms with van der Waals surface area (Å²) in [7, 11) is 4.36. The number of ether oxygens (including phenoxy) is 3. The molecule has 5 heteroatoms. The van der Waals surface area contributed by atoms with Crippen molar-refractivity contribution in [2.45, 2.75) is 0 Å². The number of phenolic OH excluding ortho intramolecular Hbond substituents is 1. The summed E-state index contributed by atoms with van der Waals surface area (Å²) < 4.78 is 28.7. The van der Waals surface area contributed by atoms with Crippen molar-refractivity contribution >= 4 is 12.2 Å². The van der Waals surface area contributed by atoms with E-state index in [2.05, 4.69) is 0 Å². The maximum atomic E-state index is 13.6. The van der Waals surface area contributed by atoms with E-state index in [1.165, 1.54) is 33.5 Å². The lowest BCUT2D eigenvalue weighted by Gasteiger charge is -2.10. The zero-order valence-electron chi connectivity index (χ0n) is 12.6. The first-order valence-corrected chi connectivity index (χ1v) is 6.55. The number of phenols is 1. The van der Waals surface area contributed by atoms with Gasteiger partial charge in [0.2, 0.25) is 5.75 Å². The third-order valence-corrected chi connectivity index (χ3v) is 3.13. The van der Waals surface area contributed by atoms with Gasteiger partial charge in [-0.25, -0.2) is 4.39 Å². The van der Waals surface area contributed by atoms with E-state index in [9.17, 15) is 9.50 Å². The molecule has 0 saturated carbocycles. The summed E-state index contributed by atoms with van der Waals surface area (Å²) >= 11 is 0. The Balaban J connectivity index is 2.30. The van der Waals surface area contributed by atoms with Crippen molar-refractivity contribution in [3.05, 3.63) is 47.3 Å². The van der Waals surface area contributed by atoms with Crippen LogP contribution in [0.4, 0.5) is 4.39 Å². The minimum atomic E-state index is -0.431. The number of hydrogen-bond donors (Lipinski definition) is 1. The Labute approximate surface area is 128 Å². The number of hydrogen-bond acceptors (Lipinski definition) is 4. The predicted molar refractivity (Wildman–Crippen MR) is 83.1 cm³/mol. The smallest absolute Gasteiger partial charge is 0.203 e. The zero-order valence-corrected chi connectivity index (χ0v) is 12.6. The molecule has 0 spiro atoms. The molecule has 22 heavy (non-hydrogen) atoms. The summed E-state index contributed by atoms with van der Waals surface area (Å²) in [5.41, 5.74) is 1.37. The minimum absolute atomic E-state index is 0.0255. The molecule has 2 aromatic carbocycles. The molecule has 0 atom stereocenters. The van der Waals surface area contributed by atoms with Crippen molar-refractivity contribution in [2.75, 3.05) is 21.3 Å². The van der Waals surface area contributed by atoms with Crippen LogP contribution in [0.1, 0.15) is 11.1 Å². The standard InChI is InChI=1S/C17H17FO4/c1-20-15-7-6-11(8-13(15)18)4-5-12-9-14(19)17(22-3)16(10-12)21-2/h4-10,19H,1-3H3/b5-4+. The highest BCUT2D eigenvalue weighted by Gasteiger charge is 2.10. The van der Waals surface area contributed by atoms with Gasteiger partial charge in [-0.15, -0.1) is 0 Å². The predicted octanol–water partition coefficient (Wildman–Crippen LogP) is 3.73. The second-order valence-corrected chi connectivity index (χ2v) is 4.50. The first-order valence-electron chi connectivity index (χ1n) is 6.55. The molecule has 0 bridgehead atoms. The molecule has 0 unspecified atom stereocenters. The molecule has 0 aliphatic heterocycles. The fourth-order valence-corrected chi connectivity index (χ4v) is 2.04. The van der Waals surface area contributed by atoms with Gasteiger partial charge in [0.25, 0.3) is 0 Å². The second-order valence-electron chi connectivity index (χ2n) is 4.50. The Kier molecular flexibility index (Phi) is 4.88. The molecule has 0 radical (unpaired) electrons. The van der Waals surface area contributed by atoms with E-state index >= 15 is 0 Å². The lowest BCUT2D eigenvalue weighted by Crippen LogP contribution is -1.91. The molecule has 4 nitrogen and oxygen atoms in total. The summed E-state index contributed by atoms with van der Waals surface area (Å²) in [5.74, 6) is 0.432. The number of methoxy groups -OCH3 is 3. The lowest BCUT2D eigenvalue weighted by molar-refractivity contribution is 0.333. The van der Waals surface area contributed by atoms with Crippen LogP contribution in [0.5, 0.6) is 23.0 Å². The van der Waals surface area contributed by atoms with Gasteiger partial charge < -0.3 is 19.3 Å². The number of aromatic hydroxyl groups is 1. The molecule has 0 aliphatic carbocycles. The van der Waals surface area contributed by atoms with Crippen molar-refractivity contribution in [2.24, 2.45) is 0 Å². The van der Waals surface area contributed by atoms with Crippen molar-refractivity contribution in [1.82, 2.24) is 0 Å². The van der Waals surface area contributed by atoms with Gasteiger partial charge >= 0.3 is 0 Å². The topological polar surface area (TPSA) is 47.9 Å². The van der Waals surface area contributed by atoms with Crippen molar-refractivity contribution in [3.63, 3.8) is 0 Å². The van der Waals surface area contributed by atoms with E-state index < -0.39 is 5.82 Å². The van der Waals surface area contributed by atoms with Crippen molar-refractivity contribution in [3.8, 4) is 23.0 Å². The van der Waals surface area contributed by atoms with Gasteiger partial charge in [-0.05, 0) is 35.4 Å². The van der Waals surface area contributed by atoms with Gasteiger partial charge in [-0.2, -0.15) is 0 Å². The van der Waals surface area contributed by atoms with Gasteiger partial charge in [0.1, 0.15) is 0 Å². The molecule has 116 valence electrons. The molecule has 2 aromatic rings. The highest BCUT2D eigenvalue weighted by Crippen LogP contribution is 2.37. The third-order valence-electron chi connectivity index (χ3n) is 3.13. The highest BCUT2D eigenvalue weighted by atomic mass is 19.1. The summed E-state index contributed by atoms with van der Waals surface area (Å²) in [5, 5.41) is 9.90. The molecule has 0 saturated heterocycles. The third kappa shape index (κ3) is 3.31. The Hall–Kier alpha value is -2.69. The zero-order chi connectivity index (χ0) is 16.1. The van der Waals surface area contributed by atoms with Crippen molar-refractivity contribution < 1.29 is 23.7 Å². The van der Waals surface area contributed by atoms with E-state index in [1.54, 1.807) is 30.4 Å². The first-order chi connectivity index (χ1) is 10.6. The monoisotopic (exact) mass is 304 g/mol. The van der Waals surface area contributed by atoms with Gasteiger partial charge in [0.05, 0.1) is 21.3 Å². The van der Waals surface area contributed by atoms with Crippen LogP contribution in [0.15, 0.2) is 30.3 Å². The van der Waals surface area contributed by atoms with Crippen LogP contribution < -0.4 is 14.2 Å². The Morgan fingerprint density at radius 2 is 1.55 bits per heavy atom. The highest BCUT2D eigenvalue weighted by molar-refractivity contribution is 5.72. The molecular weight excluding hydrogens is 287 g/mol. The second kappa shape index (κ2) is 6.85. The first kappa shape index (κ1) is 15.7. The maximum Gasteiger partial charge on any atom is 0.203 e. The Morgan fingerprint density at radius 3 is 2.14 bits per heavy atom. The summed E-state index contributed by atoms with van der Waals surface area (Å²) in [4.78, 5) is 0. The average Bonchev–Trinajstić information content (AvgIpc) is 2.52. The van der Waals surface area contributed by atoms with Crippen LogP contribution in [0.25, 0.3) is 12.2 Å².